The molecule has 0 aliphatic rings. The Hall–Kier alpha value is -3.21. The van der Waals surface area contributed by atoms with Crippen LogP contribution in [0.25, 0.3) is 10.8 Å². The number of rotatable bonds is 7. The van der Waals surface area contributed by atoms with Crippen LogP contribution in [0.5, 0.6) is 0 Å². The Bertz CT molecular complexity index is 954. The van der Waals surface area contributed by atoms with Gasteiger partial charge in [-0.15, -0.1) is 0 Å². The van der Waals surface area contributed by atoms with Gasteiger partial charge in [-0.05, 0) is 39.9 Å². The number of fused-ring (bicyclic) bond motifs is 1. The van der Waals surface area contributed by atoms with Crippen LogP contribution in [-0.4, -0.2) is 22.8 Å². The van der Waals surface area contributed by atoms with Crippen LogP contribution < -0.4 is 10.6 Å². The van der Waals surface area contributed by atoms with E-state index in [1.54, 1.807) is 12.4 Å². The van der Waals surface area contributed by atoms with Gasteiger partial charge in [0.25, 0.3) is 0 Å². The smallest absolute Gasteiger partial charge is 0.243 e. The van der Waals surface area contributed by atoms with Gasteiger partial charge in [-0.1, -0.05) is 56.3 Å². The second-order valence-corrected chi connectivity index (χ2v) is 7.22. The van der Waals surface area contributed by atoms with Gasteiger partial charge in [-0.2, -0.15) is 0 Å². The molecule has 0 bridgehead atoms. The van der Waals surface area contributed by atoms with Gasteiger partial charge in [0.2, 0.25) is 11.8 Å². The number of carbonyl (C=O) groups excluding carboxylic acids is 2. The van der Waals surface area contributed by atoms with E-state index in [0.29, 0.717) is 6.54 Å². The lowest BCUT2D eigenvalue weighted by molar-refractivity contribution is -0.129. The van der Waals surface area contributed by atoms with Crippen molar-refractivity contribution in [3.05, 3.63) is 78.1 Å². The summed E-state index contributed by atoms with van der Waals surface area (Å²) in [7, 11) is 0. The average molecular weight is 375 g/mol. The summed E-state index contributed by atoms with van der Waals surface area (Å²) < 4.78 is 0. The summed E-state index contributed by atoms with van der Waals surface area (Å²) in [6, 6.07) is 17.2. The van der Waals surface area contributed by atoms with E-state index in [-0.39, 0.29) is 24.2 Å². The van der Waals surface area contributed by atoms with E-state index >= 15 is 0 Å². The summed E-state index contributed by atoms with van der Waals surface area (Å²) >= 11 is 0. The molecule has 0 aliphatic carbocycles. The van der Waals surface area contributed by atoms with Gasteiger partial charge in [0.15, 0.2) is 0 Å². The third kappa shape index (κ3) is 5.16. The number of pyridine rings is 1. The number of hydrogen-bond donors (Lipinski definition) is 2. The zero-order valence-electron chi connectivity index (χ0n) is 16.2. The Morgan fingerprint density at radius 3 is 2.36 bits per heavy atom. The molecule has 0 fully saturated rings. The maximum atomic E-state index is 12.6. The van der Waals surface area contributed by atoms with Gasteiger partial charge in [0.05, 0.1) is 6.42 Å². The summed E-state index contributed by atoms with van der Waals surface area (Å²) in [4.78, 5) is 29.1. The molecule has 28 heavy (non-hydrogen) atoms. The monoisotopic (exact) mass is 375 g/mol. The SMILES string of the molecule is CC(C)C(NC(=O)Cc1ccc2ccccc2c1)C(=O)NCc1ccncc1. The number of aromatic nitrogens is 1. The molecule has 2 aromatic carbocycles. The van der Waals surface area contributed by atoms with Crippen molar-refractivity contribution in [2.45, 2.75) is 32.9 Å². The largest absolute Gasteiger partial charge is 0.350 e. The first-order chi connectivity index (χ1) is 13.5. The first-order valence-electron chi connectivity index (χ1n) is 9.46. The van der Waals surface area contributed by atoms with Crippen molar-refractivity contribution < 1.29 is 9.59 Å². The van der Waals surface area contributed by atoms with Crippen LogP contribution in [0, 0.1) is 5.92 Å². The molecule has 3 aromatic rings. The molecule has 144 valence electrons. The van der Waals surface area contributed by atoms with Crippen LogP contribution in [0.15, 0.2) is 67.0 Å². The summed E-state index contributed by atoms with van der Waals surface area (Å²) in [5.74, 6) is -0.357. The van der Waals surface area contributed by atoms with Gasteiger partial charge in [-0.25, -0.2) is 0 Å². The Morgan fingerprint density at radius 2 is 1.64 bits per heavy atom. The van der Waals surface area contributed by atoms with Crippen LogP contribution in [0.1, 0.15) is 25.0 Å². The van der Waals surface area contributed by atoms with E-state index in [4.69, 9.17) is 0 Å². The standard InChI is InChI=1S/C23H25N3O2/c1-16(2)22(23(28)25-15-17-9-11-24-12-10-17)26-21(27)14-18-7-8-19-5-3-4-6-20(19)13-18/h3-13,16,22H,14-15H2,1-2H3,(H,25,28)(H,26,27). The second kappa shape index (κ2) is 9.13. The molecule has 1 heterocycles. The van der Waals surface area contributed by atoms with E-state index in [2.05, 4.69) is 15.6 Å². The molecular formula is C23H25N3O2. The molecule has 0 spiro atoms. The zero-order chi connectivity index (χ0) is 19.9. The van der Waals surface area contributed by atoms with Crippen LogP contribution in [0.4, 0.5) is 0 Å². The molecule has 1 aromatic heterocycles. The van der Waals surface area contributed by atoms with E-state index in [1.807, 2.05) is 68.4 Å². The average Bonchev–Trinajstić information content (AvgIpc) is 2.70. The van der Waals surface area contributed by atoms with Crippen molar-refractivity contribution in [1.29, 1.82) is 0 Å². The number of nitrogens with one attached hydrogen (secondary N) is 2. The Morgan fingerprint density at radius 1 is 0.929 bits per heavy atom. The first kappa shape index (κ1) is 19.5. The minimum atomic E-state index is -0.574. The Kier molecular flexibility index (Phi) is 6.37. The normalized spacial score (nSPS) is 12.0. The second-order valence-electron chi connectivity index (χ2n) is 7.22. The van der Waals surface area contributed by atoms with Crippen LogP contribution in [-0.2, 0) is 22.6 Å². The maximum Gasteiger partial charge on any atom is 0.243 e. The number of hydrogen-bond acceptors (Lipinski definition) is 3. The van der Waals surface area contributed by atoms with Crippen LogP contribution in [0.2, 0.25) is 0 Å². The Balaban J connectivity index is 1.60. The van der Waals surface area contributed by atoms with Crippen LogP contribution in [0.3, 0.4) is 0 Å². The van der Waals surface area contributed by atoms with Crippen molar-refractivity contribution in [2.24, 2.45) is 5.92 Å². The summed E-state index contributed by atoms with van der Waals surface area (Å²) in [6.45, 7) is 4.26. The van der Waals surface area contributed by atoms with E-state index < -0.39 is 6.04 Å². The van der Waals surface area contributed by atoms with Gasteiger partial charge in [-0.3, -0.25) is 14.6 Å². The fourth-order valence-electron chi connectivity index (χ4n) is 3.09. The summed E-state index contributed by atoms with van der Waals surface area (Å²) in [6.07, 6.45) is 3.62. The molecule has 3 rings (SSSR count). The van der Waals surface area contributed by atoms with E-state index in [0.717, 1.165) is 21.9 Å². The number of nitrogens with zero attached hydrogens (tertiary/aromatic N) is 1. The van der Waals surface area contributed by atoms with Crippen LogP contribution >= 0.6 is 0 Å². The molecule has 2 N–H and O–H groups in total. The van der Waals surface area contributed by atoms with Crippen molar-refractivity contribution in [3.8, 4) is 0 Å². The van der Waals surface area contributed by atoms with Gasteiger partial charge in [0.1, 0.15) is 6.04 Å². The molecule has 0 saturated heterocycles. The van der Waals surface area contributed by atoms with Crippen molar-refractivity contribution in [2.75, 3.05) is 0 Å². The van der Waals surface area contributed by atoms with E-state index in [9.17, 15) is 9.59 Å². The predicted octanol–water partition coefficient (Wildman–Crippen LogP) is 3.23. The lowest BCUT2D eigenvalue weighted by Crippen LogP contribution is -2.49. The molecule has 0 radical (unpaired) electrons. The number of amides is 2. The Labute approximate surface area is 165 Å². The molecule has 0 saturated carbocycles. The van der Waals surface area contributed by atoms with Crippen molar-refractivity contribution in [1.82, 2.24) is 15.6 Å². The van der Waals surface area contributed by atoms with Gasteiger partial charge in [0, 0.05) is 18.9 Å². The molecule has 2 amide bonds. The van der Waals surface area contributed by atoms with Crippen molar-refractivity contribution in [3.63, 3.8) is 0 Å². The lowest BCUT2D eigenvalue weighted by Gasteiger charge is -2.22. The topological polar surface area (TPSA) is 71.1 Å². The number of benzene rings is 2. The fraction of sp³-hybridized carbons (Fsp3) is 0.261. The highest BCUT2D eigenvalue weighted by Crippen LogP contribution is 2.16. The molecule has 0 aliphatic heterocycles. The lowest BCUT2D eigenvalue weighted by atomic mass is 10.0. The molecule has 1 unspecified atom stereocenters. The highest BCUT2D eigenvalue weighted by atomic mass is 16.2. The molecular weight excluding hydrogens is 350 g/mol. The van der Waals surface area contributed by atoms with Gasteiger partial charge >= 0.3 is 0 Å². The highest BCUT2D eigenvalue weighted by molar-refractivity contribution is 5.89. The third-order valence-corrected chi connectivity index (χ3v) is 4.66. The summed E-state index contributed by atoms with van der Waals surface area (Å²) in [5, 5.41) is 8.02. The first-order valence-corrected chi connectivity index (χ1v) is 9.46. The van der Waals surface area contributed by atoms with Crippen molar-refractivity contribution >= 4 is 22.6 Å². The quantitative estimate of drug-likeness (QED) is 0.666. The maximum absolute atomic E-state index is 12.6. The fourth-order valence-corrected chi connectivity index (χ4v) is 3.09. The zero-order valence-corrected chi connectivity index (χ0v) is 16.2. The third-order valence-electron chi connectivity index (χ3n) is 4.66. The predicted molar refractivity (Wildman–Crippen MR) is 111 cm³/mol. The number of carbonyl (C=O) groups is 2. The molecule has 5 heteroatoms. The van der Waals surface area contributed by atoms with Gasteiger partial charge < -0.3 is 10.6 Å². The minimum absolute atomic E-state index is 0.0157. The molecule has 1 atom stereocenters. The highest BCUT2D eigenvalue weighted by Gasteiger charge is 2.24. The summed E-state index contributed by atoms with van der Waals surface area (Å²) in [5.41, 5.74) is 1.89. The minimum Gasteiger partial charge on any atom is -0.350 e. The molecule has 5 nitrogen and oxygen atoms in total. The van der Waals surface area contributed by atoms with E-state index in [1.165, 1.54) is 0 Å².